The Hall–Kier alpha value is -0.570. The van der Waals surface area contributed by atoms with Crippen molar-refractivity contribution in [3.8, 4) is 0 Å². The minimum atomic E-state index is -0.356. The molecule has 0 radical (unpaired) electrons. The molecule has 17 heavy (non-hydrogen) atoms. The first-order valence-corrected chi connectivity index (χ1v) is 7.12. The molecule has 3 atom stereocenters. The van der Waals surface area contributed by atoms with Crippen LogP contribution in [0.3, 0.4) is 0 Å². The fourth-order valence-corrected chi connectivity index (χ4v) is 2.58. The summed E-state index contributed by atoms with van der Waals surface area (Å²) in [5, 5.41) is 3.10. The van der Waals surface area contributed by atoms with Gasteiger partial charge in [0.1, 0.15) is 0 Å². The van der Waals surface area contributed by atoms with Crippen LogP contribution < -0.4 is 11.1 Å². The van der Waals surface area contributed by atoms with Crippen molar-refractivity contribution >= 4 is 5.91 Å². The molecule has 0 heterocycles. The van der Waals surface area contributed by atoms with E-state index < -0.39 is 0 Å². The molecule has 0 saturated heterocycles. The Morgan fingerprint density at radius 2 is 1.88 bits per heavy atom. The van der Waals surface area contributed by atoms with Gasteiger partial charge in [-0.05, 0) is 31.6 Å². The van der Waals surface area contributed by atoms with E-state index in [1.54, 1.807) is 0 Å². The zero-order valence-corrected chi connectivity index (χ0v) is 11.5. The molecule has 0 aromatic heterocycles. The van der Waals surface area contributed by atoms with Crippen LogP contribution >= 0.6 is 0 Å². The third kappa shape index (κ3) is 4.30. The average molecular weight is 240 g/mol. The minimum absolute atomic E-state index is 0.0254. The summed E-state index contributed by atoms with van der Waals surface area (Å²) in [7, 11) is 0. The van der Waals surface area contributed by atoms with E-state index in [0.717, 1.165) is 6.42 Å². The maximum absolute atomic E-state index is 12.0. The molecule has 3 heteroatoms. The number of carbonyl (C=O) groups excluding carboxylic acids is 1. The molecule has 1 aliphatic rings. The van der Waals surface area contributed by atoms with Gasteiger partial charge >= 0.3 is 0 Å². The second-order valence-electron chi connectivity index (χ2n) is 5.61. The van der Waals surface area contributed by atoms with Gasteiger partial charge in [-0.3, -0.25) is 4.79 Å². The van der Waals surface area contributed by atoms with E-state index in [9.17, 15) is 4.79 Å². The predicted octanol–water partition coefficient (Wildman–Crippen LogP) is 2.44. The molecular formula is C14H28N2O. The van der Waals surface area contributed by atoms with Gasteiger partial charge in [0.25, 0.3) is 0 Å². The molecule has 100 valence electrons. The van der Waals surface area contributed by atoms with Crippen molar-refractivity contribution in [3.05, 3.63) is 0 Å². The van der Waals surface area contributed by atoms with Crippen molar-refractivity contribution in [2.75, 3.05) is 0 Å². The Balaban J connectivity index is 2.38. The SMILES string of the molecule is CC[C@H](C)[C@H](N)C(=O)N[C@H](C)C1CCCCC1. The Labute approximate surface area is 106 Å². The molecule has 0 aliphatic heterocycles. The molecule has 3 N–H and O–H groups in total. The monoisotopic (exact) mass is 240 g/mol. The van der Waals surface area contributed by atoms with Gasteiger partial charge in [-0.25, -0.2) is 0 Å². The molecule has 0 spiro atoms. The van der Waals surface area contributed by atoms with Crippen molar-refractivity contribution in [2.24, 2.45) is 17.6 Å². The lowest BCUT2D eigenvalue weighted by atomic mass is 9.84. The molecule has 1 saturated carbocycles. The summed E-state index contributed by atoms with van der Waals surface area (Å²) >= 11 is 0. The maximum atomic E-state index is 12.0. The van der Waals surface area contributed by atoms with Gasteiger partial charge in [0.15, 0.2) is 0 Å². The third-order valence-electron chi connectivity index (χ3n) is 4.29. The molecule has 1 fully saturated rings. The predicted molar refractivity (Wildman–Crippen MR) is 71.6 cm³/mol. The highest BCUT2D eigenvalue weighted by Crippen LogP contribution is 2.26. The highest BCUT2D eigenvalue weighted by Gasteiger charge is 2.25. The van der Waals surface area contributed by atoms with Crippen LogP contribution in [0.1, 0.15) is 59.3 Å². The maximum Gasteiger partial charge on any atom is 0.237 e. The van der Waals surface area contributed by atoms with Crippen LogP contribution in [0, 0.1) is 11.8 Å². The van der Waals surface area contributed by atoms with Crippen molar-refractivity contribution in [2.45, 2.75) is 71.4 Å². The van der Waals surface area contributed by atoms with E-state index in [2.05, 4.69) is 19.2 Å². The van der Waals surface area contributed by atoms with Crippen molar-refractivity contribution in [3.63, 3.8) is 0 Å². The van der Waals surface area contributed by atoms with Gasteiger partial charge in [-0.15, -0.1) is 0 Å². The highest BCUT2D eigenvalue weighted by atomic mass is 16.2. The van der Waals surface area contributed by atoms with E-state index >= 15 is 0 Å². The number of nitrogens with two attached hydrogens (primary N) is 1. The van der Waals surface area contributed by atoms with Gasteiger partial charge in [-0.2, -0.15) is 0 Å². The number of hydrogen-bond acceptors (Lipinski definition) is 2. The van der Waals surface area contributed by atoms with E-state index in [0.29, 0.717) is 5.92 Å². The van der Waals surface area contributed by atoms with E-state index in [1.807, 2.05) is 6.92 Å². The summed E-state index contributed by atoms with van der Waals surface area (Å²) in [4.78, 5) is 12.0. The molecule has 1 aliphatic carbocycles. The number of hydrogen-bond donors (Lipinski definition) is 2. The molecular weight excluding hydrogens is 212 g/mol. The minimum Gasteiger partial charge on any atom is -0.352 e. The van der Waals surface area contributed by atoms with Crippen LogP contribution in [0.2, 0.25) is 0 Å². The van der Waals surface area contributed by atoms with Gasteiger partial charge < -0.3 is 11.1 Å². The smallest absolute Gasteiger partial charge is 0.237 e. The fourth-order valence-electron chi connectivity index (χ4n) is 2.58. The van der Waals surface area contributed by atoms with Crippen LogP contribution in [0.25, 0.3) is 0 Å². The van der Waals surface area contributed by atoms with Crippen molar-refractivity contribution in [1.82, 2.24) is 5.32 Å². The number of carbonyl (C=O) groups is 1. The zero-order valence-electron chi connectivity index (χ0n) is 11.5. The van der Waals surface area contributed by atoms with Gasteiger partial charge in [0.2, 0.25) is 5.91 Å². The highest BCUT2D eigenvalue weighted by molar-refractivity contribution is 5.82. The van der Waals surface area contributed by atoms with E-state index in [4.69, 9.17) is 5.73 Å². The Morgan fingerprint density at radius 1 is 1.29 bits per heavy atom. The lowest BCUT2D eigenvalue weighted by Crippen LogP contribution is -2.49. The summed E-state index contributed by atoms with van der Waals surface area (Å²) < 4.78 is 0. The average Bonchev–Trinajstić information content (AvgIpc) is 2.37. The second kappa shape index (κ2) is 7.00. The summed E-state index contributed by atoms with van der Waals surface area (Å²) in [5.74, 6) is 0.933. The molecule has 0 unspecified atom stereocenters. The standard InChI is InChI=1S/C14H28N2O/c1-4-10(2)13(15)14(17)16-11(3)12-8-6-5-7-9-12/h10-13H,4-9,15H2,1-3H3,(H,16,17)/t10-,11+,13-/m0/s1. The third-order valence-corrected chi connectivity index (χ3v) is 4.29. The van der Waals surface area contributed by atoms with Crippen LogP contribution in [-0.2, 0) is 4.79 Å². The second-order valence-corrected chi connectivity index (χ2v) is 5.61. The molecule has 0 bridgehead atoms. The fraction of sp³-hybridized carbons (Fsp3) is 0.929. The summed E-state index contributed by atoms with van der Waals surface area (Å²) in [6.45, 7) is 6.23. The van der Waals surface area contributed by atoms with Gasteiger partial charge in [0.05, 0.1) is 6.04 Å². The Bertz CT molecular complexity index is 236. The summed E-state index contributed by atoms with van der Waals surface area (Å²) in [6, 6.07) is -0.0797. The van der Waals surface area contributed by atoms with Crippen LogP contribution in [0.15, 0.2) is 0 Å². The van der Waals surface area contributed by atoms with E-state index in [1.165, 1.54) is 32.1 Å². The quantitative estimate of drug-likeness (QED) is 0.775. The number of nitrogens with one attached hydrogen (secondary N) is 1. The van der Waals surface area contributed by atoms with E-state index in [-0.39, 0.29) is 23.9 Å². The van der Waals surface area contributed by atoms with Gasteiger partial charge in [0, 0.05) is 6.04 Å². The van der Waals surface area contributed by atoms with Crippen molar-refractivity contribution in [1.29, 1.82) is 0 Å². The van der Waals surface area contributed by atoms with Crippen LogP contribution in [0.4, 0.5) is 0 Å². The molecule has 1 rings (SSSR count). The summed E-state index contributed by atoms with van der Waals surface area (Å²) in [6.07, 6.45) is 7.42. The molecule has 1 amide bonds. The first-order chi connectivity index (χ1) is 8.06. The Kier molecular flexibility index (Phi) is 5.96. The van der Waals surface area contributed by atoms with Crippen molar-refractivity contribution < 1.29 is 4.79 Å². The van der Waals surface area contributed by atoms with Gasteiger partial charge in [-0.1, -0.05) is 39.5 Å². The molecule has 0 aromatic rings. The first-order valence-electron chi connectivity index (χ1n) is 7.12. The molecule has 0 aromatic carbocycles. The largest absolute Gasteiger partial charge is 0.352 e. The normalized spacial score (nSPS) is 22.8. The number of rotatable bonds is 5. The molecule has 3 nitrogen and oxygen atoms in total. The summed E-state index contributed by atoms with van der Waals surface area (Å²) in [5.41, 5.74) is 5.94. The number of amides is 1. The first kappa shape index (κ1) is 14.5. The van der Waals surface area contributed by atoms with Crippen LogP contribution in [-0.4, -0.2) is 18.0 Å². The lowest BCUT2D eigenvalue weighted by molar-refractivity contribution is -0.124. The topological polar surface area (TPSA) is 55.1 Å². The Morgan fingerprint density at radius 3 is 2.41 bits per heavy atom. The zero-order chi connectivity index (χ0) is 12.8. The lowest BCUT2D eigenvalue weighted by Gasteiger charge is -2.29. The van der Waals surface area contributed by atoms with Crippen LogP contribution in [0.5, 0.6) is 0 Å².